The van der Waals surface area contributed by atoms with E-state index in [1.54, 1.807) is 43.1 Å². The van der Waals surface area contributed by atoms with Gasteiger partial charge >= 0.3 is 6.03 Å². The maximum atomic E-state index is 14.0. The van der Waals surface area contributed by atoms with Gasteiger partial charge in [-0.2, -0.15) is 0 Å². The van der Waals surface area contributed by atoms with Crippen LogP contribution in [0.15, 0.2) is 60.8 Å². The molecule has 1 aromatic heterocycles. The number of likely N-dealkylation sites (N-methyl/N-ethyl adjacent to an activating group) is 1. The van der Waals surface area contributed by atoms with Crippen LogP contribution in [-0.2, 0) is 0 Å². The van der Waals surface area contributed by atoms with Crippen LogP contribution >= 0.6 is 0 Å². The van der Waals surface area contributed by atoms with E-state index in [9.17, 15) is 23.5 Å². The summed E-state index contributed by atoms with van der Waals surface area (Å²) in [5.41, 5.74) is 1.30. The van der Waals surface area contributed by atoms with E-state index in [1.165, 1.54) is 41.4 Å². The zero-order chi connectivity index (χ0) is 27.4. The molecular formula is C28H30F2N4O4. The molecule has 0 unspecified atom stereocenters. The van der Waals surface area contributed by atoms with Gasteiger partial charge in [0.15, 0.2) is 0 Å². The molecule has 3 aromatic rings. The molecule has 0 radical (unpaired) electrons. The average molecular weight is 525 g/mol. The van der Waals surface area contributed by atoms with E-state index >= 15 is 0 Å². The number of anilines is 1. The van der Waals surface area contributed by atoms with E-state index in [0.717, 1.165) is 0 Å². The van der Waals surface area contributed by atoms with Gasteiger partial charge < -0.3 is 25.0 Å². The predicted molar refractivity (Wildman–Crippen MR) is 139 cm³/mol. The molecule has 4 rings (SSSR count). The summed E-state index contributed by atoms with van der Waals surface area (Å²) in [6, 6.07) is 12.4. The topological polar surface area (TPSA) is 95.0 Å². The molecule has 2 heterocycles. The summed E-state index contributed by atoms with van der Waals surface area (Å²) in [5, 5.41) is 12.4. The third kappa shape index (κ3) is 5.91. The van der Waals surface area contributed by atoms with Crippen LogP contribution < -0.4 is 10.1 Å². The zero-order valence-corrected chi connectivity index (χ0v) is 21.4. The van der Waals surface area contributed by atoms with E-state index in [1.807, 2.05) is 6.92 Å². The molecule has 8 nitrogen and oxygen atoms in total. The van der Waals surface area contributed by atoms with E-state index < -0.39 is 29.8 Å². The predicted octanol–water partition coefficient (Wildman–Crippen LogP) is 4.41. The summed E-state index contributed by atoms with van der Waals surface area (Å²) in [5.74, 6) is -1.52. The van der Waals surface area contributed by atoms with Crippen molar-refractivity contribution in [2.24, 2.45) is 5.92 Å². The fraction of sp³-hybridized carbons (Fsp3) is 0.321. The van der Waals surface area contributed by atoms with Crippen LogP contribution in [0.4, 0.5) is 19.3 Å². The lowest BCUT2D eigenvalue weighted by molar-refractivity contribution is 0.0356. The minimum absolute atomic E-state index is 0.0569. The highest BCUT2D eigenvalue weighted by molar-refractivity contribution is 5.98. The first-order valence-corrected chi connectivity index (χ1v) is 12.3. The monoisotopic (exact) mass is 524 g/mol. The van der Waals surface area contributed by atoms with Crippen molar-refractivity contribution >= 4 is 17.6 Å². The number of carbonyl (C=O) groups excluding carboxylic acids is 2. The van der Waals surface area contributed by atoms with E-state index in [4.69, 9.17) is 4.74 Å². The van der Waals surface area contributed by atoms with Crippen molar-refractivity contribution in [3.8, 4) is 17.0 Å². The van der Waals surface area contributed by atoms with Crippen LogP contribution in [0.5, 0.6) is 5.88 Å². The summed E-state index contributed by atoms with van der Waals surface area (Å²) in [4.78, 5) is 33.7. The number of ether oxygens (including phenoxy) is 1. The number of carbonyl (C=O) groups is 2. The van der Waals surface area contributed by atoms with Crippen molar-refractivity contribution in [3.05, 3.63) is 78.0 Å². The first-order valence-electron chi connectivity index (χ1n) is 12.3. The number of fused-ring (bicyclic) bond motifs is 1. The summed E-state index contributed by atoms with van der Waals surface area (Å²) < 4.78 is 34.1. The minimum atomic E-state index is -0.584. The number of hydrogen-bond acceptors (Lipinski definition) is 5. The highest BCUT2D eigenvalue weighted by atomic mass is 19.1. The fourth-order valence-corrected chi connectivity index (χ4v) is 4.27. The Bertz CT molecular complexity index is 1320. The van der Waals surface area contributed by atoms with Gasteiger partial charge in [-0.15, -0.1) is 0 Å². The lowest BCUT2D eigenvalue weighted by Gasteiger charge is -2.37. The number of pyridine rings is 1. The number of hydrogen-bond donors (Lipinski definition) is 2. The minimum Gasteiger partial charge on any atom is -0.472 e. The molecule has 1 aliphatic rings. The fourth-order valence-electron chi connectivity index (χ4n) is 4.27. The SMILES string of the molecule is C[C@@H]1CN([C@H](C)CO)C(=O)c2cc(-c3cccc(F)c3)cnc2O[C@@H]1CN(C)C(=O)Nc1ccccc1F. The number of urea groups is 1. The summed E-state index contributed by atoms with van der Waals surface area (Å²) in [7, 11) is 1.56. The molecular weight excluding hydrogens is 494 g/mol. The first kappa shape index (κ1) is 27.0. The molecule has 200 valence electrons. The third-order valence-electron chi connectivity index (χ3n) is 6.59. The van der Waals surface area contributed by atoms with E-state index in [-0.39, 0.29) is 48.7 Å². The summed E-state index contributed by atoms with van der Waals surface area (Å²) in [6.45, 7) is 3.73. The second-order valence-electron chi connectivity index (χ2n) is 9.50. The maximum Gasteiger partial charge on any atom is 0.321 e. The first-order chi connectivity index (χ1) is 18.2. The Balaban J connectivity index is 1.64. The van der Waals surface area contributed by atoms with Gasteiger partial charge in [-0.1, -0.05) is 31.2 Å². The molecule has 0 bridgehead atoms. The Morgan fingerprint density at radius 1 is 1.21 bits per heavy atom. The number of halogens is 2. The Morgan fingerprint density at radius 3 is 2.68 bits per heavy atom. The number of nitrogens with zero attached hydrogens (tertiary/aromatic N) is 3. The average Bonchev–Trinajstić information content (AvgIpc) is 2.91. The number of rotatable bonds is 6. The van der Waals surface area contributed by atoms with Gasteiger partial charge in [0, 0.05) is 31.3 Å². The Hall–Kier alpha value is -4.05. The molecule has 3 amide bonds. The number of aliphatic hydroxyl groups excluding tert-OH is 1. The van der Waals surface area contributed by atoms with Crippen LogP contribution in [0.25, 0.3) is 11.1 Å². The van der Waals surface area contributed by atoms with Crippen LogP contribution in [0.3, 0.4) is 0 Å². The third-order valence-corrected chi connectivity index (χ3v) is 6.59. The number of amides is 3. The smallest absolute Gasteiger partial charge is 0.321 e. The molecule has 10 heteroatoms. The molecule has 0 fully saturated rings. The van der Waals surface area contributed by atoms with Gasteiger partial charge in [0.1, 0.15) is 23.3 Å². The lowest BCUT2D eigenvalue weighted by Crippen LogP contribution is -2.50. The highest BCUT2D eigenvalue weighted by Gasteiger charge is 2.35. The summed E-state index contributed by atoms with van der Waals surface area (Å²) in [6.07, 6.45) is 0.915. The van der Waals surface area contributed by atoms with E-state index in [2.05, 4.69) is 10.3 Å². The second kappa shape index (κ2) is 11.6. The molecule has 0 spiro atoms. The zero-order valence-electron chi connectivity index (χ0n) is 21.4. The number of benzene rings is 2. The molecule has 3 atom stereocenters. The molecule has 0 saturated carbocycles. The van der Waals surface area contributed by atoms with Crippen molar-refractivity contribution < 1.29 is 28.2 Å². The second-order valence-corrected chi connectivity index (χ2v) is 9.50. The van der Waals surface area contributed by atoms with Crippen molar-refractivity contribution in [1.29, 1.82) is 0 Å². The van der Waals surface area contributed by atoms with Crippen molar-refractivity contribution in [2.75, 3.05) is 32.1 Å². The van der Waals surface area contributed by atoms with Crippen molar-refractivity contribution in [1.82, 2.24) is 14.8 Å². The van der Waals surface area contributed by atoms with Gasteiger partial charge in [0.25, 0.3) is 5.91 Å². The number of para-hydroxylation sites is 1. The molecule has 2 N–H and O–H groups in total. The quantitative estimate of drug-likeness (QED) is 0.498. The van der Waals surface area contributed by atoms with Gasteiger partial charge in [-0.3, -0.25) is 4.79 Å². The van der Waals surface area contributed by atoms with Gasteiger partial charge in [0.2, 0.25) is 5.88 Å². The van der Waals surface area contributed by atoms with Gasteiger partial charge in [-0.25, -0.2) is 18.6 Å². The number of aromatic nitrogens is 1. The van der Waals surface area contributed by atoms with Gasteiger partial charge in [-0.05, 0) is 42.8 Å². The summed E-state index contributed by atoms with van der Waals surface area (Å²) >= 11 is 0. The molecule has 0 aliphatic carbocycles. The molecule has 0 saturated heterocycles. The Morgan fingerprint density at radius 2 is 1.97 bits per heavy atom. The number of nitrogens with one attached hydrogen (secondary N) is 1. The number of aliphatic hydroxyl groups is 1. The Labute approximate surface area is 219 Å². The Kier molecular flexibility index (Phi) is 8.21. The van der Waals surface area contributed by atoms with Crippen LogP contribution in [0.1, 0.15) is 24.2 Å². The standard InChI is InChI=1S/C28H30F2N4O4/c1-17-14-34(18(2)16-35)27(36)22-12-20(19-7-6-8-21(29)11-19)13-31-26(22)38-25(17)15-33(3)28(37)32-24-10-5-4-9-23(24)30/h4-13,17-18,25,35H,14-16H2,1-3H3,(H,32,37)/t17-,18-,25-/m1/s1. The van der Waals surface area contributed by atoms with Gasteiger partial charge in [0.05, 0.1) is 24.9 Å². The van der Waals surface area contributed by atoms with E-state index in [0.29, 0.717) is 11.1 Å². The molecule has 38 heavy (non-hydrogen) atoms. The van der Waals surface area contributed by atoms with Crippen LogP contribution in [0, 0.1) is 17.6 Å². The molecule has 1 aliphatic heterocycles. The van der Waals surface area contributed by atoms with Crippen LogP contribution in [-0.4, -0.2) is 70.7 Å². The van der Waals surface area contributed by atoms with Crippen LogP contribution in [0.2, 0.25) is 0 Å². The van der Waals surface area contributed by atoms with Crippen molar-refractivity contribution in [3.63, 3.8) is 0 Å². The highest BCUT2D eigenvalue weighted by Crippen LogP contribution is 2.30. The normalized spacial score (nSPS) is 18.1. The lowest BCUT2D eigenvalue weighted by atomic mass is 9.99. The largest absolute Gasteiger partial charge is 0.472 e. The molecule has 2 aromatic carbocycles. The maximum absolute atomic E-state index is 14.0. The van der Waals surface area contributed by atoms with Crippen molar-refractivity contribution in [2.45, 2.75) is 26.0 Å².